The molecule has 0 saturated carbocycles. The third kappa shape index (κ3) is 3.07. The molecule has 1 heterocycles. The number of hydrogen-bond acceptors (Lipinski definition) is 3. The van der Waals surface area contributed by atoms with Crippen LogP contribution in [0.25, 0.3) is 0 Å². The fourth-order valence-corrected chi connectivity index (χ4v) is 1.86. The van der Waals surface area contributed by atoms with Gasteiger partial charge in [0.1, 0.15) is 6.26 Å². The van der Waals surface area contributed by atoms with E-state index in [4.69, 9.17) is 16.1 Å². The molecule has 0 bridgehead atoms. The smallest absolute Gasteiger partial charge is 0.124 e. The molecule has 2 aromatic rings. The summed E-state index contributed by atoms with van der Waals surface area (Å²) in [4.78, 5) is 0. The van der Waals surface area contributed by atoms with Crippen LogP contribution >= 0.6 is 27.5 Å². The van der Waals surface area contributed by atoms with E-state index in [1.54, 1.807) is 6.26 Å². The molecule has 1 aromatic carbocycles. The molecule has 0 amide bonds. The van der Waals surface area contributed by atoms with Crippen molar-refractivity contribution in [3.05, 3.63) is 51.3 Å². The van der Waals surface area contributed by atoms with Gasteiger partial charge in [0.2, 0.25) is 0 Å². The van der Waals surface area contributed by atoms with Crippen LogP contribution in [0.1, 0.15) is 11.3 Å². The van der Waals surface area contributed by atoms with E-state index >= 15 is 0 Å². The van der Waals surface area contributed by atoms with Crippen LogP contribution in [0.2, 0.25) is 5.02 Å². The van der Waals surface area contributed by atoms with Crippen LogP contribution in [0.3, 0.4) is 0 Å². The summed E-state index contributed by atoms with van der Waals surface area (Å²) >= 11 is 9.30. The number of aromatic nitrogens is 1. The molecule has 0 saturated heterocycles. The minimum atomic E-state index is 0.691. The first-order valence-corrected chi connectivity index (χ1v) is 5.97. The van der Waals surface area contributed by atoms with Crippen LogP contribution < -0.4 is 5.32 Å². The molecule has 16 heavy (non-hydrogen) atoms. The molecule has 5 heteroatoms. The lowest BCUT2D eigenvalue weighted by Crippen LogP contribution is -2.12. The molecule has 0 aliphatic carbocycles. The van der Waals surface area contributed by atoms with Gasteiger partial charge < -0.3 is 9.84 Å². The van der Waals surface area contributed by atoms with E-state index in [2.05, 4.69) is 26.4 Å². The Labute approximate surface area is 107 Å². The van der Waals surface area contributed by atoms with Crippen molar-refractivity contribution >= 4 is 27.5 Å². The summed E-state index contributed by atoms with van der Waals surface area (Å²) in [7, 11) is 0. The van der Waals surface area contributed by atoms with Crippen molar-refractivity contribution in [1.82, 2.24) is 10.5 Å². The highest BCUT2D eigenvalue weighted by molar-refractivity contribution is 9.10. The van der Waals surface area contributed by atoms with E-state index in [9.17, 15) is 0 Å². The van der Waals surface area contributed by atoms with E-state index in [1.165, 1.54) is 5.56 Å². The Hall–Kier alpha value is -0.840. The van der Waals surface area contributed by atoms with Crippen LogP contribution in [0.5, 0.6) is 0 Å². The van der Waals surface area contributed by atoms with Crippen molar-refractivity contribution in [2.24, 2.45) is 0 Å². The lowest BCUT2D eigenvalue weighted by molar-refractivity contribution is 0.408. The van der Waals surface area contributed by atoms with Crippen LogP contribution in [-0.4, -0.2) is 5.16 Å². The monoisotopic (exact) mass is 300 g/mol. The fraction of sp³-hybridized carbons (Fsp3) is 0.182. The van der Waals surface area contributed by atoms with E-state index in [0.717, 1.165) is 21.7 Å². The van der Waals surface area contributed by atoms with Crippen molar-refractivity contribution in [3.8, 4) is 0 Å². The molecule has 0 unspecified atom stereocenters. The van der Waals surface area contributed by atoms with Crippen molar-refractivity contribution in [3.63, 3.8) is 0 Å². The molecule has 2 rings (SSSR count). The second-order valence-corrected chi connectivity index (χ2v) is 4.60. The first-order chi connectivity index (χ1) is 7.75. The average Bonchev–Trinajstić information content (AvgIpc) is 2.76. The van der Waals surface area contributed by atoms with Gasteiger partial charge in [-0.25, -0.2) is 0 Å². The number of benzene rings is 1. The number of hydrogen-bond donors (Lipinski definition) is 1. The second-order valence-electron chi connectivity index (χ2n) is 3.34. The van der Waals surface area contributed by atoms with E-state index in [1.807, 2.05) is 24.3 Å². The van der Waals surface area contributed by atoms with Gasteiger partial charge in [0.25, 0.3) is 0 Å². The summed E-state index contributed by atoms with van der Waals surface area (Å²) in [5.74, 6) is 0. The van der Waals surface area contributed by atoms with E-state index in [-0.39, 0.29) is 0 Å². The van der Waals surface area contributed by atoms with Crippen molar-refractivity contribution in [2.75, 3.05) is 0 Å². The van der Waals surface area contributed by atoms with Gasteiger partial charge in [-0.3, -0.25) is 0 Å². The van der Waals surface area contributed by atoms with Crippen molar-refractivity contribution < 1.29 is 4.52 Å². The standard InChI is InChI=1S/C11H10BrClN2O/c12-10-5-8(1-2-11(10)13)6-14-7-9-3-4-16-15-9/h1-5,14H,6-7H2. The SMILES string of the molecule is Clc1ccc(CNCc2ccon2)cc1Br. The molecule has 3 nitrogen and oxygen atoms in total. The normalized spacial score (nSPS) is 10.6. The zero-order valence-electron chi connectivity index (χ0n) is 8.41. The number of rotatable bonds is 4. The summed E-state index contributed by atoms with van der Waals surface area (Å²) in [6, 6.07) is 7.70. The number of nitrogens with one attached hydrogen (secondary N) is 1. The Morgan fingerprint density at radius 3 is 2.88 bits per heavy atom. The Kier molecular flexibility index (Phi) is 3.98. The van der Waals surface area contributed by atoms with Crippen molar-refractivity contribution in [2.45, 2.75) is 13.1 Å². The first-order valence-electron chi connectivity index (χ1n) is 4.79. The van der Waals surface area contributed by atoms with E-state index in [0.29, 0.717) is 6.54 Å². The van der Waals surface area contributed by atoms with Gasteiger partial charge in [-0.05, 0) is 33.6 Å². The minimum absolute atomic E-state index is 0.691. The van der Waals surface area contributed by atoms with Crippen molar-refractivity contribution in [1.29, 1.82) is 0 Å². The first kappa shape index (κ1) is 11.6. The van der Waals surface area contributed by atoms with Crippen LogP contribution in [-0.2, 0) is 13.1 Å². The molecule has 0 aliphatic rings. The Bertz CT molecular complexity index is 459. The largest absolute Gasteiger partial charge is 0.364 e. The zero-order valence-corrected chi connectivity index (χ0v) is 10.8. The summed E-state index contributed by atoms with van der Waals surface area (Å²) in [6.45, 7) is 1.46. The van der Waals surface area contributed by atoms with Gasteiger partial charge in [0.15, 0.2) is 0 Å². The van der Waals surface area contributed by atoms with Crippen LogP contribution in [0.15, 0.2) is 39.5 Å². The Morgan fingerprint density at radius 2 is 2.19 bits per heavy atom. The third-order valence-corrected chi connectivity index (χ3v) is 3.32. The molecule has 1 aromatic heterocycles. The molecule has 0 fully saturated rings. The highest BCUT2D eigenvalue weighted by Crippen LogP contribution is 2.23. The molecule has 1 N–H and O–H groups in total. The van der Waals surface area contributed by atoms with Gasteiger partial charge in [0.05, 0.1) is 10.7 Å². The maximum absolute atomic E-state index is 5.91. The van der Waals surface area contributed by atoms with Gasteiger partial charge in [-0.2, -0.15) is 0 Å². The molecular weight excluding hydrogens is 291 g/mol. The summed E-state index contributed by atoms with van der Waals surface area (Å²) in [5, 5.41) is 7.80. The third-order valence-electron chi connectivity index (χ3n) is 2.11. The quantitative estimate of drug-likeness (QED) is 0.941. The Morgan fingerprint density at radius 1 is 1.31 bits per heavy atom. The van der Waals surface area contributed by atoms with Gasteiger partial charge in [-0.1, -0.05) is 22.8 Å². The zero-order chi connectivity index (χ0) is 11.4. The van der Waals surface area contributed by atoms with E-state index < -0.39 is 0 Å². The summed E-state index contributed by atoms with van der Waals surface area (Å²) < 4.78 is 5.65. The fourth-order valence-electron chi connectivity index (χ4n) is 1.31. The average molecular weight is 302 g/mol. The van der Waals surface area contributed by atoms with Crippen LogP contribution in [0, 0.1) is 0 Å². The number of nitrogens with zero attached hydrogens (tertiary/aromatic N) is 1. The molecule has 0 atom stereocenters. The molecule has 84 valence electrons. The lowest BCUT2D eigenvalue weighted by atomic mass is 10.2. The van der Waals surface area contributed by atoms with Crippen LogP contribution in [0.4, 0.5) is 0 Å². The van der Waals surface area contributed by atoms with Gasteiger partial charge in [0, 0.05) is 23.6 Å². The highest BCUT2D eigenvalue weighted by atomic mass is 79.9. The predicted molar refractivity (Wildman–Crippen MR) is 66.2 cm³/mol. The molecule has 0 spiro atoms. The summed E-state index contributed by atoms with van der Waals surface area (Å²) in [5.41, 5.74) is 2.06. The predicted octanol–water partition coefficient (Wildman–Crippen LogP) is 3.38. The highest BCUT2D eigenvalue weighted by Gasteiger charge is 2.00. The second kappa shape index (κ2) is 5.48. The summed E-state index contributed by atoms with van der Waals surface area (Å²) in [6.07, 6.45) is 1.57. The lowest BCUT2D eigenvalue weighted by Gasteiger charge is -2.04. The maximum Gasteiger partial charge on any atom is 0.124 e. The van der Waals surface area contributed by atoms with Gasteiger partial charge in [-0.15, -0.1) is 0 Å². The van der Waals surface area contributed by atoms with Gasteiger partial charge >= 0.3 is 0 Å². The Balaban J connectivity index is 1.87. The number of halogens is 2. The minimum Gasteiger partial charge on any atom is -0.364 e. The molecular formula is C11H10BrClN2O. The maximum atomic E-state index is 5.91. The topological polar surface area (TPSA) is 38.1 Å². The molecule has 0 aliphatic heterocycles. The molecule has 0 radical (unpaired) electrons.